The van der Waals surface area contributed by atoms with E-state index in [9.17, 15) is 5.11 Å². The fourth-order valence-corrected chi connectivity index (χ4v) is 3.01. The van der Waals surface area contributed by atoms with Crippen molar-refractivity contribution < 1.29 is 5.11 Å². The maximum Gasteiger partial charge on any atom is 0.102 e. The topological polar surface area (TPSA) is 50.9 Å². The van der Waals surface area contributed by atoms with Crippen LogP contribution >= 0.6 is 0 Å². The van der Waals surface area contributed by atoms with E-state index in [1.807, 2.05) is 25.1 Å². The lowest BCUT2D eigenvalue weighted by molar-refractivity contribution is 0.171. The molecule has 0 saturated heterocycles. The molecule has 1 aliphatic carbocycles. The van der Waals surface area contributed by atoms with Crippen LogP contribution in [-0.4, -0.2) is 19.9 Å². The van der Waals surface area contributed by atoms with E-state index in [1.165, 1.54) is 32.1 Å². The van der Waals surface area contributed by atoms with Gasteiger partial charge < -0.3 is 5.11 Å². The standard InChI is InChI=1S/C17H23N3O/c1-13-7-8-16(18-12-13)17(21)11-14-9-10-20(19-14)15-5-3-2-4-6-15/h7-10,12,15,17,21H,2-6,11H2,1H3. The van der Waals surface area contributed by atoms with Crippen LogP contribution in [0.15, 0.2) is 30.6 Å². The molecule has 0 spiro atoms. The van der Waals surface area contributed by atoms with Gasteiger partial charge in [-0.1, -0.05) is 25.3 Å². The van der Waals surface area contributed by atoms with Crippen LogP contribution in [0.3, 0.4) is 0 Å². The molecule has 4 heteroatoms. The number of rotatable bonds is 4. The molecule has 1 N–H and O–H groups in total. The van der Waals surface area contributed by atoms with E-state index >= 15 is 0 Å². The zero-order chi connectivity index (χ0) is 14.7. The summed E-state index contributed by atoms with van der Waals surface area (Å²) in [6, 6.07) is 6.43. The highest BCUT2D eigenvalue weighted by molar-refractivity contribution is 5.15. The van der Waals surface area contributed by atoms with Gasteiger partial charge >= 0.3 is 0 Å². The summed E-state index contributed by atoms with van der Waals surface area (Å²) in [5.41, 5.74) is 2.76. The third-order valence-electron chi connectivity index (χ3n) is 4.29. The Morgan fingerprint density at radius 1 is 1.24 bits per heavy atom. The maximum atomic E-state index is 10.3. The van der Waals surface area contributed by atoms with Crippen LogP contribution in [-0.2, 0) is 6.42 Å². The van der Waals surface area contributed by atoms with Crippen LogP contribution in [0.2, 0.25) is 0 Å². The van der Waals surface area contributed by atoms with E-state index in [4.69, 9.17) is 0 Å². The molecule has 1 aliphatic rings. The molecule has 4 nitrogen and oxygen atoms in total. The molecular formula is C17H23N3O. The number of aromatic nitrogens is 3. The minimum absolute atomic E-state index is 0.524. The minimum atomic E-state index is -0.583. The van der Waals surface area contributed by atoms with Crippen molar-refractivity contribution in [2.45, 2.75) is 57.6 Å². The average molecular weight is 285 g/mol. The second-order valence-electron chi connectivity index (χ2n) is 6.06. The average Bonchev–Trinajstić information content (AvgIpc) is 2.97. The van der Waals surface area contributed by atoms with Gasteiger partial charge in [-0.3, -0.25) is 9.67 Å². The number of hydrogen-bond acceptors (Lipinski definition) is 3. The Bertz CT molecular complexity index is 570. The molecule has 112 valence electrons. The molecule has 2 aromatic heterocycles. The Morgan fingerprint density at radius 3 is 2.76 bits per heavy atom. The van der Waals surface area contributed by atoms with Crippen LogP contribution in [0.4, 0.5) is 0 Å². The van der Waals surface area contributed by atoms with Crippen LogP contribution < -0.4 is 0 Å². The molecule has 0 radical (unpaired) electrons. The molecule has 2 aromatic rings. The van der Waals surface area contributed by atoms with Gasteiger partial charge in [0.15, 0.2) is 0 Å². The lowest BCUT2D eigenvalue weighted by Gasteiger charge is -2.21. The van der Waals surface area contributed by atoms with Crippen LogP contribution in [0.25, 0.3) is 0 Å². The van der Waals surface area contributed by atoms with E-state index in [0.717, 1.165) is 11.3 Å². The Balaban J connectivity index is 1.64. The van der Waals surface area contributed by atoms with Gasteiger partial charge in [-0.25, -0.2) is 0 Å². The van der Waals surface area contributed by atoms with E-state index in [0.29, 0.717) is 18.2 Å². The van der Waals surface area contributed by atoms with Crippen molar-refractivity contribution in [3.8, 4) is 0 Å². The second kappa shape index (κ2) is 6.39. The largest absolute Gasteiger partial charge is 0.386 e. The third-order valence-corrected chi connectivity index (χ3v) is 4.29. The highest BCUT2D eigenvalue weighted by Gasteiger charge is 2.17. The summed E-state index contributed by atoms with van der Waals surface area (Å²) in [7, 11) is 0. The normalized spacial score (nSPS) is 17.8. The minimum Gasteiger partial charge on any atom is -0.386 e. The van der Waals surface area contributed by atoms with E-state index < -0.39 is 6.10 Å². The number of aliphatic hydroxyl groups is 1. The predicted octanol–water partition coefficient (Wildman–Crippen LogP) is 3.37. The van der Waals surface area contributed by atoms with Crippen molar-refractivity contribution in [2.75, 3.05) is 0 Å². The van der Waals surface area contributed by atoms with Crippen molar-refractivity contribution in [3.63, 3.8) is 0 Å². The van der Waals surface area contributed by atoms with Gasteiger partial charge in [-0.15, -0.1) is 0 Å². The quantitative estimate of drug-likeness (QED) is 0.937. The molecule has 1 unspecified atom stereocenters. The van der Waals surface area contributed by atoms with Gasteiger partial charge in [0.1, 0.15) is 6.10 Å². The molecule has 0 aromatic carbocycles. The number of nitrogens with zero attached hydrogens (tertiary/aromatic N) is 3. The first kappa shape index (κ1) is 14.3. The molecule has 0 aliphatic heterocycles. The fourth-order valence-electron chi connectivity index (χ4n) is 3.01. The van der Waals surface area contributed by atoms with Crippen molar-refractivity contribution in [3.05, 3.63) is 47.5 Å². The molecule has 21 heavy (non-hydrogen) atoms. The highest BCUT2D eigenvalue weighted by atomic mass is 16.3. The molecule has 2 heterocycles. The summed E-state index contributed by atoms with van der Waals surface area (Å²) >= 11 is 0. The van der Waals surface area contributed by atoms with Crippen molar-refractivity contribution in [2.24, 2.45) is 0 Å². The number of hydrogen-bond donors (Lipinski definition) is 1. The van der Waals surface area contributed by atoms with Crippen molar-refractivity contribution in [1.29, 1.82) is 0 Å². The Morgan fingerprint density at radius 2 is 2.05 bits per heavy atom. The van der Waals surface area contributed by atoms with E-state index in [2.05, 4.69) is 21.0 Å². The number of pyridine rings is 1. The molecular weight excluding hydrogens is 262 g/mol. The number of aliphatic hydroxyl groups excluding tert-OH is 1. The maximum absolute atomic E-state index is 10.3. The summed E-state index contributed by atoms with van der Waals surface area (Å²) in [5.74, 6) is 0. The molecule has 1 saturated carbocycles. The Kier molecular flexibility index (Phi) is 4.34. The summed E-state index contributed by atoms with van der Waals surface area (Å²) in [6.45, 7) is 2.00. The van der Waals surface area contributed by atoms with Crippen LogP contribution in [0.1, 0.15) is 61.2 Å². The molecule has 0 bridgehead atoms. The van der Waals surface area contributed by atoms with Gasteiger partial charge in [-0.2, -0.15) is 5.10 Å². The first-order chi connectivity index (χ1) is 10.2. The summed E-state index contributed by atoms with van der Waals surface area (Å²) in [5, 5.41) is 14.9. The van der Waals surface area contributed by atoms with E-state index in [-0.39, 0.29) is 0 Å². The van der Waals surface area contributed by atoms with E-state index in [1.54, 1.807) is 6.20 Å². The Labute approximate surface area is 125 Å². The monoisotopic (exact) mass is 285 g/mol. The lowest BCUT2D eigenvalue weighted by atomic mass is 9.96. The first-order valence-electron chi connectivity index (χ1n) is 7.87. The second-order valence-corrected chi connectivity index (χ2v) is 6.06. The SMILES string of the molecule is Cc1ccc(C(O)Cc2ccn(C3CCCCC3)n2)nc1. The zero-order valence-electron chi connectivity index (χ0n) is 12.6. The third kappa shape index (κ3) is 3.50. The number of aryl methyl sites for hydroxylation is 1. The Hall–Kier alpha value is -1.68. The van der Waals surface area contributed by atoms with Crippen molar-refractivity contribution in [1.82, 2.24) is 14.8 Å². The van der Waals surface area contributed by atoms with Crippen LogP contribution in [0.5, 0.6) is 0 Å². The fraction of sp³-hybridized carbons (Fsp3) is 0.529. The molecule has 1 atom stereocenters. The first-order valence-corrected chi connectivity index (χ1v) is 7.87. The van der Waals surface area contributed by atoms with Gasteiger partial charge in [0, 0.05) is 18.8 Å². The van der Waals surface area contributed by atoms with Crippen LogP contribution in [0, 0.1) is 6.92 Å². The summed E-state index contributed by atoms with van der Waals surface area (Å²) < 4.78 is 2.09. The van der Waals surface area contributed by atoms with Gasteiger partial charge in [-0.05, 0) is 37.5 Å². The predicted molar refractivity (Wildman–Crippen MR) is 82.0 cm³/mol. The molecule has 1 fully saturated rings. The van der Waals surface area contributed by atoms with Crippen molar-refractivity contribution >= 4 is 0 Å². The lowest BCUT2D eigenvalue weighted by Crippen LogP contribution is -2.14. The smallest absolute Gasteiger partial charge is 0.102 e. The molecule has 0 amide bonds. The van der Waals surface area contributed by atoms with Gasteiger partial charge in [0.25, 0.3) is 0 Å². The zero-order valence-corrected chi connectivity index (χ0v) is 12.6. The molecule has 3 rings (SSSR count). The van der Waals surface area contributed by atoms with Gasteiger partial charge in [0.2, 0.25) is 0 Å². The summed E-state index contributed by atoms with van der Waals surface area (Å²) in [4.78, 5) is 4.29. The van der Waals surface area contributed by atoms with Gasteiger partial charge in [0.05, 0.1) is 17.4 Å². The summed E-state index contributed by atoms with van der Waals surface area (Å²) in [6.07, 6.45) is 10.2. The highest BCUT2D eigenvalue weighted by Crippen LogP contribution is 2.27.